The van der Waals surface area contributed by atoms with Gasteiger partial charge in [-0.05, 0) is 31.9 Å². The van der Waals surface area contributed by atoms with Crippen LogP contribution in [0.5, 0.6) is 5.75 Å². The third-order valence-electron chi connectivity index (χ3n) is 4.63. The second-order valence-electron chi connectivity index (χ2n) is 6.75. The molecule has 168 valence electrons. The molecule has 2 rings (SSSR count). The number of hydrogen-bond acceptors (Lipinski definition) is 4. The van der Waals surface area contributed by atoms with Gasteiger partial charge in [-0.3, -0.25) is 4.68 Å². The lowest BCUT2D eigenvalue weighted by molar-refractivity contribution is 0.172. The van der Waals surface area contributed by atoms with E-state index in [0.29, 0.717) is 19.8 Å². The van der Waals surface area contributed by atoms with Gasteiger partial charge in [0.15, 0.2) is 5.96 Å². The van der Waals surface area contributed by atoms with Crippen LogP contribution in [-0.2, 0) is 31.2 Å². The molecule has 0 aliphatic rings. The van der Waals surface area contributed by atoms with Crippen molar-refractivity contribution in [2.75, 3.05) is 32.2 Å². The highest BCUT2D eigenvalue weighted by Gasteiger charge is 2.13. The lowest BCUT2D eigenvalue weighted by Gasteiger charge is -2.13. The molecule has 1 aromatic carbocycles. The molecule has 0 saturated carbocycles. The predicted molar refractivity (Wildman–Crippen MR) is 134 cm³/mol. The first-order valence-electron chi connectivity index (χ1n) is 10.4. The lowest BCUT2D eigenvalue weighted by Crippen LogP contribution is -2.30. The fourth-order valence-corrected chi connectivity index (χ4v) is 3.23. The normalized spacial score (nSPS) is 11.2. The molecule has 1 heterocycles. The van der Waals surface area contributed by atoms with E-state index in [1.165, 1.54) is 11.3 Å². The first-order chi connectivity index (χ1) is 14.1. The number of methoxy groups -OCH3 is 1. The Balaban J connectivity index is 0.00000450. The van der Waals surface area contributed by atoms with Crippen molar-refractivity contribution in [3.05, 3.63) is 41.2 Å². The maximum atomic E-state index is 5.79. The summed E-state index contributed by atoms with van der Waals surface area (Å²) in [5, 5.41) is 11.3. The predicted octanol–water partition coefficient (Wildman–Crippen LogP) is 4.16. The van der Waals surface area contributed by atoms with E-state index in [1.807, 2.05) is 36.0 Å². The topological polar surface area (TPSA) is 72.7 Å². The molecule has 0 unspecified atom stereocenters. The largest absolute Gasteiger partial charge is 0.493 e. The molecule has 30 heavy (non-hydrogen) atoms. The molecule has 7 nitrogen and oxygen atoms in total. The monoisotopic (exact) mass is 529 g/mol. The number of nitrogens with zero attached hydrogens (tertiary/aromatic N) is 3. The number of halogens is 1. The molecule has 8 heteroatoms. The fraction of sp³-hybridized carbons (Fsp3) is 0.545. The van der Waals surface area contributed by atoms with Crippen LogP contribution in [0.25, 0.3) is 0 Å². The van der Waals surface area contributed by atoms with E-state index >= 15 is 0 Å². The minimum absolute atomic E-state index is 0. The molecule has 0 atom stereocenters. The maximum Gasteiger partial charge on any atom is 0.196 e. The number of benzene rings is 1. The Kier molecular flexibility index (Phi) is 12.4. The third-order valence-corrected chi connectivity index (χ3v) is 4.63. The zero-order chi connectivity index (χ0) is 21.1. The van der Waals surface area contributed by atoms with E-state index < -0.39 is 0 Å². The lowest BCUT2D eigenvalue weighted by atomic mass is 10.1. The van der Waals surface area contributed by atoms with Crippen LogP contribution in [0.2, 0.25) is 0 Å². The van der Waals surface area contributed by atoms with Gasteiger partial charge >= 0.3 is 0 Å². The van der Waals surface area contributed by atoms with Crippen molar-refractivity contribution < 1.29 is 9.47 Å². The van der Waals surface area contributed by atoms with Crippen molar-refractivity contribution in [2.24, 2.45) is 12.0 Å². The van der Waals surface area contributed by atoms with E-state index in [4.69, 9.17) is 14.5 Å². The average Bonchev–Trinajstić information content (AvgIpc) is 3.04. The Morgan fingerprint density at radius 3 is 2.63 bits per heavy atom. The molecular formula is C22H36IN5O2. The summed E-state index contributed by atoms with van der Waals surface area (Å²) in [5.74, 6) is 1.58. The van der Waals surface area contributed by atoms with Crippen molar-refractivity contribution in [3.63, 3.8) is 0 Å². The van der Waals surface area contributed by atoms with Gasteiger partial charge in [0.05, 0.1) is 18.8 Å². The summed E-state index contributed by atoms with van der Waals surface area (Å²) in [7, 11) is 3.71. The number of ether oxygens (including phenoxy) is 2. The number of nitrogens with one attached hydrogen (secondary N) is 2. The Bertz CT molecular complexity index is 792. The molecule has 0 aliphatic heterocycles. The maximum absolute atomic E-state index is 5.79. The summed E-state index contributed by atoms with van der Waals surface area (Å²) in [5.41, 5.74) is 4.53. The fourth-order valence-electron chi connectivity index (χ4n) is 3.23. The third kappa shape index (κ3) is 7.79. The first-order valence-corrected chi connectivity index (χ1v) is 10.4. The zero-order valence-electron chi connectivity index (χ0n) is 18.8. The van der Waals surface area contributed by atoms with Crippen molar-refractivity contribution in [1.29, 1.82) is 0 Å². The van der Waals surface area contributed by atoms with Gasteiger partial charge in [-0.15, -0.1) is 24.0 Å². The standard InChI is InChI=1S/C22H35N5O2.HI/c1-6-20-19(21(7-2)27(4)26-20)16-24-22(23-8-3)25-17-11-9-12-18(15-17)29-14-10-13-28-5;/h9,11-12,15H,6-8,10,13-14,16H2,1-5H3,(H2,23,24,25);1H. The van der Waals surface area contributed by atoms with Crippen molar-refractivity contribution >= 4 is 35.6 Å². The molecule has 0 fully saturated rings. The average molecular weight is 529 g/mol. The number of guanidine groups is 1. The van der Waals surface area contributed by atoms with Crippen molar-refractivity contribution in [1.82, 2.24) is 15.1 Å². The molecule has 0 bridgehead atoms. The Hall–Kier alpha value is -1.81. The number of rotatable bonds is 11. The van der Waals surface area contributed by atoms with Gasteiger partial charge in [0.25, 0.3) is 0 Å². The second-order valence-corrected chi connectivity index (χ2v) is 6.75. The minimum atomic E-state index is 0. The quantitative estimate of drug-likeness (QED) is 0.198. The van der Waals surface area contributed by atoms with E-state index in [-0.39, 0.29) is 24.0 Å². The highest BCUT2D eigenvalue weighted by atomic mass is 127. The number of aryl methyl sites for hydroxylation is 2. The van der Waals surface area contributed by atoms with Crippen LogP contribution >= 0.6 is 24.0 Å². The van der Waals surface area contributed by atoms with E-state index in [0.717, 1.165) is 48.9 Å². The van der Waals surface area contributed by atoms with Crippen molar-refractivity contribution in [2.45, 2.75) is 46.6 Å². The van der Waals surface area contributed by atoms with Gasteiger partial charge in [-0.1, -0.05) is 19.9 Å². The van der Waals surface area contributed by atoms with Gasteiger partial charge in [0.1, 0.15) is 5.75 Å². The van der Waals surface area contributed by atoms with Crippen LogP contribution in [0.1, 0.15) is 44.1 Å². The summed E-state index contributed by atoms with van der Waals surface area (Å²) in [6, 6.07) is 7.92. The van der Waals surface area contributed by atoms with Gasteiger partial charge < -0.3 is 20.1 Å². The van der Waals surface area contributed by atoms with E-state index in [2.05, 4.69) is 36.5 Å². The highest BCUT2D eigenvalue weighted by molar-refractivity contribution is 14.0. The minimum Gasteiger partial charge on any atom is -0.493 e. The Morgan fingerprint density at radius 1 is 1.17 bits per heavy atom. The summed E-state index contributed by atoms with van der Waals surface area (Å²) >= 11 is 0. The van der Waals surface area contributed by atoms with Crippen LogP contribution in [0.4, 0.5) is 5.69 Å². The molecular weight excluding hydrogens is 493 g/mol. The molecule has 0 aliphatic carbocycles. The molecule has 0 spiro atoms. The number of hydrogen-bond donors (Lipinski definition) is 2. The summed E-state index contributed by atoms with van der Waals surface area (Å²) in [6.45, 7) is 9.07. The van der Waals surface area contributed by atoms with Gasteiger partial charge in [-0.2, -0.15) is 5.10 Å². The van der Waals surface area contributed by atoms with Crippen LogP contribution in [0, 0.1) is 0 Å². The Labute approximate surface area is 197 Å². The highest BCUT2D eigenvalue weighted by Crippen LogP contribution is 2.19. The molecule has 2 N–H and O–H groups in total. The van der Waals surface area contributed by atoms with Gasteiger partial charge in [0, 0.05) is 56.7 Å². The summed E-state index contributed by atoms with van der Waals surface area (Å²) < 4.78 is 12.8. The van der Waals surface area contributed by atoms with Crippen LogP contribution in [0.15, 0.2) is 29.3 Å². The smallest absolute Gasteiger partial charge is 0.196 e. The second kappa shape index (κ2) is 14.2. The summed E-state index contributed by atoms with van der Waals surface area (Å²) in [4.78, 5) is 4.81. The summed E-state index contributed by atoms with van der Waals surface area (Å²) in [6.07, 6.45) is 2.72. The van der Waals surface area contributed by atoms with Gasteiger partial charge in [-0.25, -0.2) is 4.99 Å². The molecule has 2 aromatic rings. The number of aromatic nitrogens is 2. The SMILES string of the molecule is CCNC(=NCc1c(CC)nn(C)c1CC)Nc1cccc(OCCCOC)c1.I. The van der Waals surface area contributed by atoms with Crippen LogP contribution in [-0.4, -0.2) is 42.6 Å². The van der Waals surface area contributed by atoms with Crippen LogP contribution < -0.4 is 15.4 Å². The van der Waals surface area contributed by atoms with E-state index in [9.17, 15) is 0 Å². The molecule has 1 aromatic heterocycles. The molecule has 0 amide bonds. The Morgan fingerprint density at radius 2 is 1.97 bits per heavy atom. The van der Waals surface area contributed by atoms with Gasteiger partial charge in [0.2, 0.25) is 0 Å². The molecule has 0 saturated heterocycles. The van der Waals surface area contributed by atoms with Crippen molar-refractivity contribution in [3.8, 4) is 5.75 Å². The zero-order valence-corrected chi connectivity index (χ0v) is 21.2. The first kappa shape index (κ1) is 26.2. The van der Waals surface area contributed by atoms with E-state index in [1.54, 1.807) is 7.11 Å². The number of aliphatic imine (C=N–C) groups is 1. The molecule has 0 radical (unpaired) electrons. The number of anilines is 1. The van der Waals surface area contributed by atoms with Crippen LogP contribution in [0.3, 0.4) is 0 Å².